The fourth-order valence-corrected chi connectivity index (χ4v) is 9.86. The Bertz CT molecular complexity index is 2780. The van der Waals surface area contributed by atoms with Crippen LogP contribution in [-0.2, 0) is 5.41 Å². The summed E-state index contributed by atoms with van der Waals surface area (Å²) < 4.78 is 3.65. The molecule has 0 radical (unpaired) electrons. The predicted octanol–water partition coefficient (Wildman–Crippen LogP) is 13.2. The van der Waals surface area contributed by atoms with Crippen molar-refractivity contribution >= 4 is 37.7 Å². The van der Waals surface area contributed by atoms with Gasteiger partial charge in [0.25, 0.3) is 0 Å². The molecule has 0 bridgehead atoms. The van der Waals surface area contributed by atoms with Gasteiger partial charge in [-0.15, -0.1) is 0 Å². The number of fused-ring (bicyclic) bond motifs is 6. The van der Waals surface area contributed by atoms with Crippen molar-refractivity contribution in [3.8, 4) is 50.2 Å². The smallest absolute Gasteiger partial charge is 0.0715 e. The van der Waals surface area contributed by atoms with E-state index in [0.717, 1.165) is 4.47 Å². The van der Waals surface area contributed by atoms with E-state index in [1.54, 1.807) is 0 Å². The molecule has 2 aliphatic rings. The van der Waals surface area contributed by atoms with E-state index < -0.39 is 5.41 Å². The minimum absolute atomic E-state index is 0.597. The third-order valence-electron chi connectivity index (χ3n) is 11.3. The maximum absolute atomic E-state index is 4.20. The number of halogens is 1. The highest BCUT2D eigenvalue weighted by atomic mass is 79.9. The Hall–Kier alpha value is -5.96. The van der Waals surface area contributed by atoms with Gasteiger partial charge in [0.2, 0.25) is 0 Å². The molecule has 1 aliphatic carbocycles. The molecule has 51 heavy (non-hydrogen) atoms. The molecule has 9 aromatic rings. The number of aromatic nitrogens is 1. The molecule has 0 atom stereocenters. The second kappa shape index (κ2) is 10.8. The monoisotopic (exact) mass is 711 g/mol. The third kappa shape index (κ3) is 3.86. The molecule has 11 rings (SSSR count). The van der Waals surface area contributed by atoms with E-state index in [4.69, 9.17) is 0 Å². The highest BCUT2D eigenvalue weighted by Gasteiger charge is 2.49. The van der Waals surface area contributed by atoms with Crippen LogP contribution in [0.5, 0.6) is 0 Å². The summed E-state index contributed by atoms with van der Waals surface area (Å²) in [6.07, 6.45) is 0. The maximum Gasteiger partial charge on any atom is 0.0715 e. The summed E-state index contributed by atoms with van der Waals surface area (Å²) in [5.41, 5.74) is 18.3. The average molecular weight is 713 g/mol. The summed E-state index contributed by atoms with van der Waals surface area (Å²) >= 11 is 4.20. The highest BCUT2D eigenvalue weighted by Crippen LogP contribution is 2.63. The lowest BCUT2D eigenvalue weighted by molar-refractivity contribution is 0.769. The quantitative estimate of drug-likeness (QED) is 0.171. The van der Waals surface area contributed by atoms with Crippen LogP contribution in [-0.4, -0.2) is 4.57 Å². The molecule has 238 valence electrons. The Balaban J connectivity index is 1.36. The van der Waals surface area contributed by atoms with Crippen LogP contribution in [0.2, 0.25) is 0 Å². The molecule has 0 saturated carbocycles. The normalized spacial score (nSPS) is 13.4. The van der Waals surface area contributed by atoms with Crippen LogP contribution in [0.1, 0.15) is 22.3 Å². The van der Waals surface area contributed by atoms with Crippen molar-refractivity contribution in [2.75, 3.05) is 0 Å². The first kappa shape index (κ1) is 28.8. The van der Waals surface area contributed by atoms with Crippen molar-refractivity contribution in [1.82, 2.24) is 4.57 Å². The number of benzene rings is 8. The minimum Gasteiger partial charge on any atom is -0.308 e. The number of para-hydroxylation sites is 2. The fraction of sp³-hybridized carbons (Fsp3) is 0.0204. The van der Waals surface area contributed by atoms with Gasteiger partial charge >= 0.3 is 0 Å². The van der Waals surface area contributed by atoms with E-state index in [1.807, 2.05) is 0 Å². The zero-order valence-electron chi connectivity index (χ0n) is 27.6. The third-order valence-corrected chi connectivity index (χ3v) is 11.9. The van der Waals surface area contributed by atoms with E-state index in [0.29, 0.717) is 0 Å². The first-order valence-corrected chi connectivity index (χ1v) is 18.3. The van der Waals surface area contributed by atoms with Crippen LogP contribution in [0.25, 0.3) is 72.0 Å². The van der Waals surface area contributed by atoms with Crippen LogP contribution in [0, 0.1) is 0 Å². The fourth-order valence-electron chi connectivity index (χ4n) is 9.23. The molecule has 2 heteroatoms. The highest BCUT2D eigenvalue weighted by molar-refractivity contribution is 9.10. The Kier molecular flexibility index (Phi) is 6.09. The van der Waals surface area contributed by atoms with Gasteiger partial charge in [0.05, 0.1) is 22.1 Å². The predicted molar refractivity (Wildman–Crippen MR) is 216 cm³/mol. The van der Waals surface area contributed by atoms with Gasteiger partial charge in [0.1, 0.15) is 0 Å². The van der Waals surface area contributed by atoms with Crippen LogP contribution < -0.4 is 0 Å². The molecule has 0 amide bonds. The van der Waals surface area contributed by atoms with Gasteiger partial charge in [0, 0.05) is 26.4 Å². The minimum atomic E-state index is -0.597. The van der Waals surface area contributed by atoms with Crippen molar-refractivity contribution in [3.63, 3.8) is 0 Å². The molecule has 2 heterocycles. The molecule has 0 unspecified atom stereocenters. The summed E-state index contributed by atoms with van der Waals surface area (Å²) in [6.45, 7) is 0. The number of hydrogen-bond acceptors (Lipinski definition) is 0. The van der Waals surface area contributed by atoms with E-state index >= 15 is 0 Å². The van der Waals surface area contributed by atoms with E-state index in [1.165, 1.54) is 94.3 Å². The second-order valence-electron chi connectivity index (χ2n) is 13.7. The summed E-state index contributed by atoms with van der Waals surface area (Å²) in [5, 5.41) is 2.52. The number of rotatable bonds is 4. The van der Waals surface area contributed by atoms with Crippen molar-refractivity contribution < 1.29 is 0 Å². The summed E-state index contributed by atoms with van der Waals surface area (Å²) in [4.78, 5) is 0. The Morgan fingerprint density at radius 2 is 1.00 bits per heavy atom. The van der Waals surface area contributed by atoms with Crippen molar-refractivity contribution in [2.45, 2.75) is 5.41 Å². The first-order chi connectivity index (χ1) is 25.2. The molecular formula is C49H30BrN. The van der Waals surface area contributed by atoms with Crippen LogP contribution in [0.3, 0.4) is 0 Å². The largest absolute Gasteiger partial charge is 0.308 e. The van der Waals surface area contributed by atoms with Gasteiger partial charge < -0.3 is 4.57 Å². The van der Waals surface area contributed by atoms with Crippen LogP contribution >= 0.6 is 15.9 Å². The molecular weight excluding hydrogens is 682 g/mol. The number of hydrogen-bond donors (Lipinski definition) is 0. The standard InChI is InChI=1S/C49H30BrN/c50-42-30-41-47-45-38(37-22-7-9-26-43(37)51-44-27-10-8-23-39(44)46(42)48(47)51)24-13-25-40(45)49(41,35-20-11-18-33(28-35)31-14-3-1-4-15-31)36-21-12-19-34(29-36)32-16-5-2-6-17-32/h1-30H. The van der Waals surface area contributed by atoms with Gasteiger partial charge in [-0.2, -0.15) is 0 Å². The molecule has 0 fully saturated rings. The molecule has 0 saturated heterocycles. The summed E-state index contributed by atoms with van der Waals surface area (Å²) in [5.74, 6) is 0. The molecule has 1 aromatic heterocycles. The summed E-state index contributed by atoms with van der Waals surface area (Å²) in [7, 11) is 0. The van der Waals surface area contributed by atoms with Crippen molar-refractivity contribution in [1.29, 1.82) is 0 Å². The van der Waals surface area contributed by atoms with Gasteiger partial charge in [-0.1, -0.05) is 168 Å². The zero-order valence-corrected chi connectivity index (χ0v) is 29.2. The molecule has 0 spiro atoms. The number of nitrogens with zero attached hydrogens (tertiary/aromatic N) is 1. The second-order valence-corrected chi connectivity index (χ2v) is 14.6. The van der Waals surface area contributed by atoms with Crippen molar-refractivity contribution in [2.24, 2.45) is 0 Å². The Labute approximate surface area is 305 Å². The van der Waals surface area contributed by atoms with E-state index in [9.17, 15) is 0 Å². The first-order valence-electron chi connectivity index (χ1n) is 17.5. The Morgan fingerprint density at radius 3 is 1.71 bits per heavy atom. The maximum atomic E-state index is 4.20. The molecule has 1 aliphatic heterocycles. The average Bonchev–Trinajstić information content (AvgIpc) is 3.66. The van der Waals surface area contributed by atoms with E-state index in [2.05, 4.69) is 202 Å². The molecule has 0 N–H and O–H groups in total. The zero-order chi connectivity index (χ0) is 33.7. The SMILES string of the molecule is Brc1cc2c3c4c1c1ccccc1n4-c1ccccc1-c1cccc(c1-3)C2(c1cccc(-c2ccccc2)c1)c1cccc(-c2ccccc2)c1. The lowest BCUT2D eigenvalue weighted by Crippen LogP contribution is -2.29. The lowest BCUT2D eigenvalue weighted by Gasteiger charge is -2.35. The molecule has 1 nitrogen and oxygen atoms in total. The lowest BCUT2D eigenvalue weighted by atomic mass is 9.66. The van der Waals surface area contributed by atoms with Gasteiger partial charge in [-0.3, -0.25) is 0 Å². The van der Waals surface area contributed by atoms with E-state index in [-0.39, 0.29) is 0 Å². The molecule has 8 aromatic carbocycles. The van der Waals surface area contributed by atoms with Crippen molar-refractivity contribution in [3.05, 3.63) is 209 Å². The van der Waals surface area contributed by atoms with Gasteiger partial charge in [-0.05, 0) is 86.0 Å². The van der Waals surface area contributed by atoms with Gasteiger partial charge in [0.15, 0.2) is 0 Å². The van der Waals surface area contributed by atoms with Crippen LogP contribution in [0.15, 0.2) is 186 Å². The van der Waals surface area contributed by atoms with Gasteiger partial charge in [-0.25, -0.2) is 0 Å². The summed E-state index contributed by atoms with van der Waals surface area (Å²) in [6, 6.07) is 67.4. The Morgan fingerprint density at radius 1 is 0.431 bits per heavy atom. The topological polar surface area (TPSA) is 4.93 Å². The van der Waals surface area contributed by atoms with Crippen LogP contribution in [0.4, 0.5) is 0 Å².